The number of hydrogen-bond acceptors (Lipinski definition) is 3. The van der Waals surface area contributed by atoms with Crippen LogP contribution in [0.5, 0.6) is 0 Å². The number of nitrogens with zero attached hydrogens (tertiary/aromatic N) is 2. The molecule has 3 heterocycles. The molecule has 112 valence electrons. The highest BCUT2D eigenvalue weighted by molar-refractivity contribution is 7.13. The standard InChI is InChI=1S/C16H13Cl2N3S/c1-9-6-14(22-8-9)15-11-4-5-19-16(11)21(20-15)13-3-2-10(17)7-12(13)18/h2-3,6-8,19H,4-5H2,1H3. The number of anilines is 1. The first kappa shape index (κ1) is 14.1. The van der Waals surface area contributed by atoms with Crippen molar-refractivity contribution in [1.29, 1.82) is 0 Å². The van der Waals surface area contributed by atoms with Crippen molar-refractivity contribution in [3.8, 4) is 16.3 Å². The monoisotopic (exact) mass is 349 g/mol. The molecule has 0 bridgehead atoms. The Labute approximate surface area is 142 Å². The van der Waals surface area contributed by atoms with Gasteiger partial charge in [-0.15, -0.1) is 11.3 Å². The fraction of sp³-hybridized carbons (Fsp3) is 0.188. The Bertz CT molecular complexity index is 866. The third-order valence-electron chi connectivity index (χ3n) is 3.75. The second kappa shape index (κ2) is 5.30. The largest absolute Gasteiger partial charge is 0.369 e. The fourth-order valence-electron chi connectivity index (χ4n) is 2.76. The van der Waals surface area contributed by atoms with Crippen molar-refractivity contribution in [2.45, 2.75) is 13.3 Å². The van der Waals surface area contributed by atoms with E-state index in [2.05, 4.69) is 23.7 Å². The molecule has 0 saturated carbocycles. The van der Waals surface area contributed by atoms with E-state index in [9.17, 15) is 0 Å². The van der Waals surface area contributed by atoms with Gasteiger partial charge in [-0.05, 0) is 48.6 Å². The maximum absolute atomic E-state index is 6.35. The number of nitrogens with one attached hydrogen (secondary N) is 1. The highest BCUT2D eigenvalue weighted by Crippen LogP contribution is 2.38. The molecule has 22 heavy (non-hydrogen) atoms. The average Bonchev–Trinajstić information content (AvgIpc) is 3.15. The van der Waals surface area contributed by atoms with E-state index in [1.165, 1.54) is 16.0 Å². The molecule has 6 heteroatoms. The summed E-state index contributed by atoms with van der Waals surface area (Å²) in [6.07, 6.45) is 0.979. The number of thiophene rings is 1. The lowest BCUT2D eigenvalue weighted by molar-refractivity contribution is 0.883. The Kier molecular flexibility index (Phi) is 3.40. The van der Waals surface area contributed by atoms with E-state index in [0.717, 1.165) is 30.2 Å². The number of rotatable bonds is 2. The molecule has 1 aliphatic rings. The van der Waals surface area contributed by atoms with Gasteiger partial charge in [0.05, 0.1) is 15.6 Å². The molecular formula is C16H13Cl2N3S. The van der Waals surface area contributed by atoms with Crippen molar-refractivity contribution in [2.75, 3.05) is 11.9 Å². The van der Waals surface area contributed by atoms with Crippen LogP contribution in [0.15, 0.2) is 29.6 Å². The number of fused-ring (bicyclic) bond motifs is 1. The molecule has 0 saturated heterocycles. The summed E-state index contributed by atoms with van der Waals surface area (Å²) in [6, 6.07) is 7.66. The topological polar surface area (TPSA) is 29.9 Å². The molecule has 1 aromatic carbocycles. The second-order valence-electron chi connectivity index (χ2n) is 5.35. The highest BCUT2D eigenvalue weighted by atomic mass is 35.5. The van der Waals surface area contributed by atoms with Crippen LogP contribution in [-0.2, 0) is 6.42 Å². The molecule has 0 amide bonds. The Hall–Kier alpha value is -1.49. The van der Waals surface area contributed by atoms with Gasteiger partial charge in [0, 0.05) is 17.1 Å². The Morgan fingerprint density at radius 1 is 1.27 bits per heavy atom. The molecule has 2 aromatic heterocycles. The molecule has 3 aromatic rings. The minimum Gasteiger partial charge on any atom is -0.369 e. The first-order valence-corrected chi connectivity index (χ1v) is 8.64. The van der Waals surface area contributed by atoms with Gasteiger partial charge in [-0.1, -0.05) is 23.2 Å². The lowest BCUT2D eigenvalue weighted by atomic mass is 10.1. The van der Waals surface area contributed by atoms with Gasteiger partial charge in [-0.25, -0.2) is 4.68 Å². The number of aryl methyl sites for hydroxylation is 1. The van der Waals surface area contributed by atoms with Crippen LogP contribution in [0.3, 0.4) is 0 Å². The molecule has 0 atom stereocenters. The fourth-order valence-corrected chi connectivity index (χ4v) is 4.15. The molecule has 0 spiro atoms. The van der Waals surface area contributed by atoms with Crippen molar-refractivity contribution in [3.05, 3.63) is 50.8 Å². The zero-order chi connectivity index (χ0) is 15.3. The molecule has 1 aliphatic heterocycles. The van der Waals surface area contributed by atoms with Crippen LogP contribution in [0.2, 0.25) is 10.0 Å². The second-order valence-corrected chi connectivity index (χ2v) is 7.10. The van der Waals surface area contributed by atoms with Crippen LogP contribution >= 0.6 is 34.5 Å². The summed E-state index contributed by atoms with van der Waals surface area (Å²) in [5.41, 5.74) is 4.41. The maximum atomic E-state index is 6.35. The lowest BCUT2D eigenvalue weighted by Gasteiger charge is -2.08. The molecule has 0 radical (unpaired) electrons. The van der Waals surface area contributed by atoms with E-state index in [1.54, 1.807) is 17.4 Å². The minimum absolute atomic E-state index is 0.598. The van der Waals surface area contributed by atoms with Gasteiger partial charge in [0.15, 0.2) is 0 Å². The van der Waals surface area contributed by atoms with Gasteiger partial charge >= 0.3 is 0 Å². The van der Waals surface area contributed by atoms with Crippen LogP contribution in [-0.4, -0.2) is 16.3 Å². The van der Waals surface area contributed by atoms with Crippen molar-refractivity contribution < 1.29 is 0 Å². The summed E-state index contributed by atoms with van der Waals surface area (Å²) < 4.78 is 1.89. The maximum Gasteiger partial charge on any atom is 0.133 e. The first-order chi connectivity index (χ1) is 10.6. The van der Waals surface area contributed by atoms with Crippen molar-refractivity contribution in [2.24, 2.45) is 0 Å². The van der Waals surface area contributed by atoms with Crippen LogP contribution in [0.4, 0.5) is 5.82 Å². The van der Waals surface area contributed by atoms with Crippen molar-refractivity contribution in [3.63, 3.8) is 0 Å². The van der Waals surface area contributed by atoms with Crippen LogP contribution < -0.4 is 5.32 Å². The molecule has 0 aliphatic carbocycles. The summed E-state index contributed by atoms with van der Waals surface area (Å²) in [7, 11) is 0. The van der Waals surface area contributed by atoms with Gasteiger partial charge in [0.25, 0.3) is 0 Å². The lowest BCUT2D eigenvalue weighted by Crippen LogP contribution is -2.04. The predicted molar refractivity (Wildman–Crippen MR) is 93.8 cm³/mol. The highest BCUT2D eigenvalue weighted by Gasteiger charge is 2.25. The minimum atomic E-state index is 0.598. The number of hydrogen-bond donors (Lipinski definition) is 1. The number of aromatic nitrogens is 2. The summed E-state index contributed by atoms with van der Waals surface area (Å²) in [5.74, 6) is 1.03. The molecule has 0 fully saturated rings. The molecule has 1 N–H and O–H groups in total. The average molecular weight is 350 g/mol. The Balaban J connectivity index is 1.91. The quantitative estimate of drug-likeness (QED) is 0.690. The van der Waals surface area contributed by atoms with E-state index < -0.39 is 0 Å². The predicted octanol–water partition coefficient (Wildman–Crippen LogP) is 5.18. The Morgan fingerprint density at radius 3 is 2.86 bits per heavy atom. The SMILES string of the molecule is Cc1csc(-c2nn(-c3ccc(Cl)cc3Cl)c3c2CCN3)c1. The van der Waals surface area contributed by atoms with E-state index >= 15 is 0 Å². The van der Waals surface area contributed by atoms with Gasteiger partial charge in [-0.2, -0.15) is 5.10 Å². The Morgan fingerprint density at radius 2 is 2.14 bits per heavy atom. The molecule has 3 nitrogen and oxygen atoms in total. The van der Waals surface area contributed by atoms with Crippen LogP contribution in [0, 0.1) is 6.92 Å². The smallest absolute Gasteiger partial charge is 0.133 e. The third kappa shape index (κ3) is 2.22. The summed E-state index contributed by atoms with van der Waals surface area (Å²) in [4.78, 5) is 1.20. The van der Waals surface area contributed by atoms with Gasteiger partial charge < -0.3 is 5.32 Å². The van der Waals surface area contributed by atoms with Crippen LogP contribution in [0.25, 0.3) is 16.3 Å². The molecular weight excluding hydrogens is 337 g/mol. The van der Waals surface area contributed by atoms with Crippen molar-refractivity contribution >= 4 is 40.4 Å². The molecule has 4 rings (SSSR count). The van der Waals surface area contributed by atoms with E-state index in [4.69, 9.17) is 28.3 Å². The molecule has 0 unspecified atom stereocenters. The van der Waals surface area contributed by atoms with Crippen LogP contribution in [0.1, 0.15) is 11.1 Å². The van der Waals surface area contributed by atoms with E-state index in [1.807, 2.05) is 16.8 Å². The number of benzene rings is 1. The van der Waals surface area contributed by atoms with Gasteiger partial charge in [0.2, 0.25) is 0 Å². The summed E-state index contributed by atoms with van der Waals surface area (Å²) in [5, 5.41) is 11.6. The zero-order valence-corrected chi connectivity index (χ0v) is 14.2. The first-order valence-electron chi connectivity index (χ1n) is 7.00. The van der Waals surface area contributed by atoms with Gasteiger partial charge in [-0.3, -0.25) is 0 Å². The zero-order valence-electron chi connectivity index (χ0n) is 11.9. The van der Waals surface area contributed by atoms with E-state index in [-0.39, 0.29) is 0 Å². The van der Waals surface area contributed by atoms with Crippen molar-refractivity contribution in [1.82, 2.24) is 9.78 Å². The number of halogens is 2. The summed E-state index contributed by atoms with van der Waals surface area (Å²) >= 11 is 14.1. The van der Waals surface area contributed by atoms with E-state index in [0.29, 0.717) is 10.0 Å². The third-order valence-corrected chi connectivity index (χ3v) is 5.35. The normalized spacial score (nSPS) is 13.2. The van der Waals surface area contributed by atoms with Gasteiger partial charge in [0.1, 0.15) is 11.5 Å². The summed E-state index contributed by atoms with van der Waals surface area (Å²) in [6.45, 7) is 3.03.